The second-order valence-electron chi connectivity index (χ2n) is 7.29. The summed E-state index contributed by atoms with van der Waals surface area (Å²) in [6.45, 7) is 4.75. The maximum Gasteiger partial charge on any atom is 0.271 e. The summed E-state index contributed by atoms with van der Waals surface area (Å²) >= 11 is 0. The van der Waals surface area contributed by atoms with E-state index in [-0.39, 0.29) is 16.5 Å². The second-order valence-corrected chi connectivity index (χ2v) is 9.18. The Kier molecular flexibility index (Phi) is 5.40. The van der Waals surface area contributed by atoms with E-state index in [0.29, 0.717) is 25.5 Å². The number of amides is 1. The maximum absolute atomic E-state index is 13.1. The summed E-state index contributed by atoms with van der Waals surface area (Å²) < 4.78 is 29.5. The number of benzene rings is 1. The molecule has 1 amide bonds. The molecule has 1 aromatic carbocycles. The number of rotatable bonds is 5. The van der Waals surface area contributed by atoms with Crippen molar-refractivity contribution >= 4 is 15.9 Å². The Hall–Kier alpha value is -3.04. The van der Waals surface area contributed by atoms with E-state index in [0.717, 1.165) is 11.3 Å². The van der Waals surface area contributed by atoms with E-state index in [2.05, 4.69) is 15.3 Å². The predicted octanol–water partition coefficient (Wildman–Crippen LogP) is 2.28. The van der Waals surface area contributed by atoms with Crippen LogP contribution in [0.1, 0.15) is 40.5 Å². The Morgan fingerprint density at radius 2 is 1.93 bits per heavy atom. The van der Waals surface area contributed by atoms with Gasteiger partial charge in [0.15, 0.2) is 0 Å². The summed E-state index contributed by atoms with van der Waals surface area (Å²) in [4.78, 5) is 21.4. The lowest BCUT2D eigenvalue weighted by atomic mass is 10.2. The zero-order chi connectivity index (χ0) is 21.3. The fourth-order valence-electron chi connectivity index (χ4n) is 3.52. The molecule has 8 nitrogen and oxygen atoms in total. The van der Waals surface area contributed by atoms with Gasteiger partial charge in [-0.25, -0.2) is 13.4 Å². The molecule has 1 aliphatic heterocycles. The first-order valence-corrected chi connectivity index (χ1v) is 11.1. The number of sulfonamides is 1. The van der Waals surface area contributed by atoms with Gasteiger partial charge in [-0.2, -0.15) is 4.31 Å². The number of fused-ring (bicyclic) bond motifs is 1. The topological polar surface area (TPSA) is 97.2 Å². The molecule has 2 aromatic heterocycles. The van der Waals surface area contributed by atoms with Crippen molar-refractivity contribution in [3.05, 3.63) is 77.6 Å². The van der Waals surface area contributed by atoms with Gasteiger partial charge in [-0.1, -0.05) is 23.8 Å². The average molecular weight is 426 g/mol. The summed E-state index contributed by atoms with van der Waals surface area (Å²) in [6.07, 6.45) is 3.34. The number of carbonyl (C=O) groups is 1. The van der Waals surface area contributed by atoms with Gasteiger partial charge in [0.25, 0.3) is 5.91 Å². The van der Waals surface area contributed by atoms with Crippen molar-refractivity contribution in [1.29, 1.82) is 0 Å². The Labute approximate surface area is 175 Å². The highest BCUT2D eigenvalue weighted by Crippen LogP contribution is 2.30. The number of carbonyl (C=O) groups excluding carboxylic acids is 1. The van der Waals surface area contributed by atoms with Crippen LogP contribution in [0, 0.1) is 6.92 Å². The molecule has 156 valence electrons. The maximum atomic E-state index is 13.1. The van der Waals surface area contributed by atoms with Gasteiger partial charge in [-0.15, -0.1) is 0 Å². The molecule has 3 heterocycles. The van der Waals surface area contributed by atoms with E-state index in [9.17, 15) is 13.2 Å². The van der Waals surface area contributed by atoms with Crippen LogP contribution >= 0.6 is 0 Å². The highest BCUT2D eigenvalue weighted by Gasteiger charge is 2.35. The molecular formula is C21H23N5O3S. The third-order valence-corrected chi connectivity index (χ3v) is 7.17. The van der Waals surface area contributed by atoms with Crippen LogP contribution in [0.5, 0.6) is 0 Å². The molecule has 0 spiro atoms. The molecule has 1 atom stereocenters. The SMILES string of the molecule is Cc1ccc(S(=O)(=O)N2CCn3cc(C(=O)NCc4ccccn4)nc3[C@H]2C)cc1. The molecule has 9 heteroatoms. The van der Waals surface area contributed by atoms with Crippen molar-refractivity contribution < 1.29 is 13.2 Å². The van der Waals surface area contributed by atoms with E-state index in [1.165, 1.54) is 4.31 Å². The normalized spacial score (nSPS) is 16.8. The van der Waals surface area contributed by atoms with Gasteiger partial charge in [-0.05, 0) is 38.1 Å². The number of pyridine rings is 1. The van der Waals surface area contributed by atoms with Crippen molar-refractivity contribution in [2.45, 2.75) is 37.9 Å². The van der Waals surface area contributed by atoms with Gasteiger partial charge in [0.05, 0.1) is 23.2 Å². The van der Waals surface area contributed by atoms with E-state index in [4.69, 9.17) is 0 Å². The molecule has 0 radical (unpaired) electrons. The molecular weight excluding hydrogens is 402 g/mol. The fourth-order valence-corrected chi connectivity index (χ4v) is 5.10. The van der Waals surface area contributed by atoms with Crippen molar-refractivity contribution in [1.82, 2.24) is 24.2 Å². The summed E-state index contributed by atoms with van der Waals surface area (Å²) in [5.74, 6) is 0.239. The van der Waals surface area contributed by atoms with Crippen LogP contribution < -0.4 is 5.32 Å². The molecule has 0 fully saturated rings. The fraction of sp³-hybridized carbons (Fsp3) is 0.286. The van der Waals surface area contributed by atoms with Crippen LogP contribution in [-0.4, -0.2) is 39.7 Å². The lowest BCUT2D eigenvalue weighted by molar-refractivity contribution is 0.0945. The van der Waals surface area contributed by atoms with Crippen LogP contribution in [0.2, 0.25) is 0 Å². The van der Waals surface area contributed by atoms with Crippen LogP contribution in [-0.2, 0) is 23.1 Å². The summed E-state index contributed by atoms with van der Waals surface area (Å²) in [5.41, 5.74) is 2.01. The molecule has 1 aliphatic rings. The van der Waals surface area contributed by atoms with Gasteiger partial charge < -0.3 is 9.88 Å². The van der Waals surface area contributed by atoms with Crippen molar-refractivity contribution in [2.75, 3.05) is 6.54 Å². The number of hydrogen-bond donors (Lipinski definition) is 1. The van der Waals surface area contributed by atoms with E-state index in [1.54, 1.807) is 43.6 Å². The minimum absolute atomic E-state index is 0.258. The zero-order valence-electron chi connectivity index (χ0n) is 16.8. The number of hydrogen-bond acceptors (Lipinski definition) is 5. The number of imidazole rings is 1. The standard InChI is InChI=1S/C21H23N5O3S/c1-15-6-8-18(9-7-15)30(28,29)26-12-11-25-14-19(24-20(25)16(26)2)21(27)23-13-17-5-3-4-10-22-17/h3-10,14,16H,11-13H2,1-2H3,(H,23,27)/t16-/m1/s1. The molecule has 0 saturated carbocycles. The summed E-state index contributed by atoms with van der Waals surface area (Å²) in [6, 6.07) is 11.8. The van der Waals surface area contributed by atoms with Crippen molar-refractivity contribution in [2.24, 2.45) is 0 Å². The molecule has 0 aliphatic carbocycles. The first-order valence-electron chi connectivity index (χ1n) is 9.70. The lowest BCUT2D eigenvalue weighted by Crippen LogP contribution is -2.41. The largest absolute Gasteiger partial charge is 0.345 e. The van der Waals surface area contributed by atoms with E-state index < -0.39 is 16.1 Å². The Bertz CT molecular complexity index is 1160. The van der Waals surface area contributed by atoms with Crippen molar-refractivity contribution in [3.8, 4) is 0 Å². The van der Waals surface area contributed by atoms with Crippen molar-refractivity contribution in [3.63, 3.8) is 0 Å². The van der Waals surface area contributed by atoms with Crippen LogP contribution in [0.15, 0.2) is 59.8 Å². The number of nitrogens with zero attached hydrogens (tertiary/aromatic N) is 4. The van der Waals surface area contributed by atoms with E-state index >= 15 is 0 Å². The van der Waals surface area contributed by atoms with Gasteiger partial charge in [0, 0.05) is 25.5 Å². The smallest absolute Gasteiger partial charge is 0.271 e. The van der Waals surface area contributed by atoms with Gasteiger partial charge in [-0.3, -0.25) is 9.78 Å². The monoisotopic (exact) mass is 425 g/mol. The third-order valence-electron chi connectivity index (χ3n) is 5.19. The molecule has 0 saturated heterocycles. The number of nitrogens with one attached hydrogen (secondary N) is 1. The average Bonchev–Trinajstić information content (AvgIpc) is 3.19. The van der Waals surface area contributed by atoms with E-state index in [1.807, 2.05) is 29.7 Å². The summed E-state index contributed by atoms with van der Waals surface area (Å²) in [7, 11) is -3.66. The highest BCUT2D eigenvalue weighted by atomic mass is 32.2. The molecule has 0 bridgehead atoms. The summed E-state index contributed by atoms with van der Waals surface area (Å²) in [5, 5.41) is 2.80. The van der Waals surface area contributed by atoms with Crippen LogP contribution in [0.25, 0.3) is 0 Å². The van der Waals surface area contributed by atoms with Gasteiger partial charge in [0.2, 0.25) is 10.0 Å². The lowest BCUT2D eigenvalue weighted by Gasteiger charge is -2.32. The molecule has 30 heavy (non-hydrogen) atoms. The third kappa shape index (κ3) is 3.86. The quantitative estimate of drug-likeness (QED) is 0.676. The molecule has 1 N–H and O–H groups in total. The Morgan fingerprint density at radius 1 is 1.17 bits per heavy atom. The van der Waals surface area contributed by atoms with Crippen LogP contribution in [0.4, 0.5) is 0 Å². The van der Waals surface area contributed by atoms with Crippen LogP contribution in [0.3, 0.4) is 0 Å². The number of aromatic nitrogens is 3. The Balaban J connectivity index is 1.52. The highest BCUT2D eigenvalue weighted by molar-refractivity contribution is 7.89. The number of aryl methyl sites for hydroxylation is 1. The first kappa shape index (κ1) is 20.2. The zero-order valence-corrected chi connectivity index (χ0v) is 17.6. The molecule has 4 rings (SSSR count). The molecule has 3 aromatic rings. The molecule has 0 unspecified atom stereocenters. The second kappa shape index (κ2) is 8.00. The predicted molar refractivity (Wildman–Crippen MR) is 111 cm³/mol. The minimum atomic E-state index is -3.66. The first-order chi connectivity index (χ1) is 14.4. The van der Waals surface area contributed by atoms with Gasteiger partial charge >= 0.3 is 0 Å². The minimum Gasteiger partial charge on any atom is -0.345 e. The Morgan fingerprint density at radius 3 is 2.63 bits per heavy atom. The van der Waals surface area contributed by atoms with Gasteiger partial charge in [0.1, 0.15) is 11.5 Å².